The zero-order valence-electron chi connectivity index (χ0n) is 6.45. The summed E-state index contributed by atoms with van der Waals surface area (Å²) in [6, 6.07) is 6.30. The van der Waals surface area contributed by atoms with Crippen LogP contribution in [0.25, 0.3) is 11.0 Å². The predicted molar refractivity (Wildman–Crippen MR) is 56.9 cm³/mol. The molecular formula is C9H5IO3. The van der Waals surface area contributed by atoms with Crippen LogP contribution in [0.1, 0.15) is 0 Å². The van der Waals surface area contributed by atoms with E-state index < -0.39 is 5.63 Å². The fraction of sp³-hybridized carbons (Fsp3) is 0. The van der Waals surface area contributed by atoms with Crippen molar-refractivity contribution in [3.05, 3.63) is 38.3 Å². The van der Waals surface area contributed by atoms with E-state index in [0.29, 0.717) is 11.0 Å². The van der Waals surface area contributed by atoms with Crippen molar-refractivity contribution in [2.24, 2.45) is 0 Å². The van der Waals surface area contributed by atoms with E-state index in [2.05, 4.69) is 22.6 Å². The van der Waals surface area contributed by atoms with Crippen molar-refractivity contribution >= 4 is 33.6 Å². The predicted octanol–water partition coefficient (Wildman–Crippen LogP) is 2.10. The number of hydrogen-bond acceptors (Lipinski definition) is 3. The lowest BCUT2D eigenvalue weighted by molar-refractivity contribution is 0.468. The summed E-state index contributed by atoms with van der Waals surface area (Å²) < 4.78 is 5.86. The Kier molecular flexibility index (Phi) is 1.99. The van der Waals surface area contributed by atoms with Gasteiger partial charge in [-0.25, -0.2) is 4.79 Å². The molecule has 3 nitrogen and oxygen atoms in total. The molecule has 66 valence electrons. The quantitative estimate of drug-likeness (QED) is 0.596. The number of aromatic hydroxyl groups is 1. The molecule has 2 rings (SSSR count). The van der Waals surface area contributed by atoms with E-state index in [1.165, 1.54) is 0 Å². The lowest BCUT2D eigenvalue weighted by Crippen LogP contribution is -1.95. The Labute approximate surface area is 87.1 Å². The van der Waals surface area contributed by atoms with Gasteiger partial charge in [-0.2, -0.15) is 0 Å². The van der Waals surface area contributed by atoms with Gasteiger partial charge in [0.25, 0.3) is 0 Å². The third-order valence-corrected chi connectivity index (χ3v) is 2.35. The van der Waals surface area contributed by atoms with Crippen molar-refractivity contribution in [1.82, 2.24) is 0 Å². The van der Waals surface area contributed by atoms with Crippen LogP contribution in [0.15, 0.2) is 33.5 Å². The minimum absolute atomic E-state index is 0.0373. The molecule has 1 aromatic heterocycles. The average Bonchev–Trinajstić information content (AvgIpc) is 2.06. The third kappa shape index (κ3) is 1.53. The number of benzene rings is 1. The van der Waals surface area contributed by atoms with Crippen molar-refractivity contribution in [2.75, 3.05) is 0 Å². The maximum atomic E-state index is 10.9. The molecule has 13 heavy (non-hydrogen) atoms. The summed E-state index contributed by atoms with van der Waals surface area (Å²) in [5, 5.41) is 9.97. The molecule has 0 atom stereocenters. The molecule has 0 bridgehead atoms. The van der Waals surface area contributed by atoms with Crippen LogP contribution >= 0.6 is 22.6 Å². The minimum Gasteiger partial charge on any atom is -0.507 e. The van der Waals surface area contributed by atoms with Crippen LogP contribution in [0.2, 0.25) is 0 Å². The molecule has 0 amide bonds. The van der Waals surface area contributed by atoms with Crippen LogP contribution in [-0.4, -0.2) is 5.11 Å². The number of hydrogen-bond donors (Lipinski definition) is 1. The first-order valence-corrected chi connectivity index (χ1v) is 4.67. The van der Waals surface area contributed by atoms with Crippen LogP contribution in [0.3, 0.4) is 0 Å². The Balaban J connectivity index is 2.95. The fourth-order valence-corrected chi connectivity index (χ4v) is 1.61. The van der Waals surface area contributed by atoms with E-state index in [1.54, 1.807) is 12.1 Å². The Morgan fingerprint density at radius 2 is 2.08 bits per heavy atom. The second-order valence-corrected chi connectivity index (χ2v) is 3.84. The SMILES string of the molecule is O=c1cc(O)c2cc(I)ccc2o1. The maximum Gasteiger partial charge on any atom is 0.339 e. The Bertz CT molecular complexity index is 516. The summed E-state index contributed by atoms with van der Waals surface area (Å²) in [6.07, 6.45) is 0. The lowest BCUT2D eigenvalue weighted by atomic mass is 10.2. The molecule has 0 fully saturated rings. The molecule has 0 aliphatic carbocycles. The summed E-state index contributed by atoms with van der Waals surface area (Å²) in [7, 11) is 0. The normalized spacial score (nSPS) is 10.5. The van der Waals surface area contributed by atoms with Crippen molar-refractivity contribution in [3.8, 4) is 5.75 Å². The van der Waals surface area contributed by atoms with Crippen LogP contribution in [0.5, 0.6) is 5.75 Å². The van der Waals surface area contributed by atoms with Crippen molar-refractivity contribution < 1.29 is 9.52 Å². The van der Waals surface area contributed by atoms with Crippen molar-refractivity contribution in [2.45, 2.75) is 0 Å². The van der Waals surface area contributed by atoms with E-state index in [1.807, 2.05) is 6.07 Å². The second-order valence-electron chi connectivity index (χ2n) is 2.59. The van der Waals surface area contributed by atoms with Crippen LogP contribution in [0, 0.1) is 3.57 Å². The van der Waals surface area contributed by atoms with Gasteiger partial charge < -0.3 is 9.52 Å². The second kappa shape index (κ2) is 3.02. The fourth-order valence-electron chi connectivity index (χ4n) is 1.12. The van der Waals surface area contributed by atoms with Crippen LogP contribution in [0.4, 0.5) is 0 Å². The zero-order chi connectivity index (χ0) is 9.42. The van der Waals surface area contributed by atoms with Gasteiger partial charge in [0.05, 0.1) is 11.5 Å². The van der Waals surface area contributed by atoms with Gasteiger partial charge in [-0.1, -0.05) is 0 Å². The summed E-state index contributed by atoms with van der Waals surface area (Å²) in [5.41, 5.74) is -0.128. The number of rotatable bonds is 0. The van der Waals surface area contributed by atoms with Crippen molar-refractivity contribution in [3.63, 3.8) is 0 Å². The lowest BCUT2D eigenvalue weighted by Gasteiger charge is -1.98. The topological polar surface area (TPSA) is 50.4 Å². The van der Waals surface area contributed by atoms with Crippen LogP contribution < -0.4 is 5.63 Å². The molecule has 0 aliphatic rings. The molecule has 0 saturated carbocycles. The largest absolute Gasteiger partial charge is 0.507 e. The van der Waals surface area contributed by atoms with E-state index in [9.17, 15) is 9.90 Å². The Hall–Kier alpha value is -1.04. The summed E-state index contributed by atoms with van der Waals surface area (Å²) in [5.74, 6) is -0.0373. The molecule has 0 unspecified atom stereocenters. The molecule has 0 spiro atoms. The first kappa shape index (κ1) is 8.55. The minimum atomic E-state index is -0.536. The Morgan fingerprint density at radius 3 is 2.85 bits per heavy atom. The smallest absolute Gasteiger partial charge is 0.339 e. The standard InChI is InChI=1S/C9H5IO3/c10-5-1-2-8-6(3-5)7(11)4-9(12)13-8/h1-4,11H. The summed E-state index contributed by atoms with van der Waals surface area (Å²) in [6.45, 7) is 0. The number of fused-ring (bicyclic) bond motifs is 1. The van der Waals surface area contributed by atoms with E-state index in [4.69, 9.17) is 4.42 Å². The molecule has 4 heteroatoms. The molecule has 1 aromatic carbocycles. The summed E-state index contributed by atoms with van der Waals surface area (Å²) in [4.78, 5) is 10.9. The number of halogens is 1. The highest BCUT2D eigenvalue weighted by Gasteiger charge is 2.03. The van der Waals surface area contributed by atoms with Gasteiger partial charge in [0.1, 0.15) is 11.3 Å². The molecule has 1 N–H and O–H groups in total. The highest BCUT2D eigenvalue weighted by atomic mass is 127. The van der Waals surface area contributed by atoms with Crippen molar-refractivity contribution in [1.29, 1.82) is 0 Å². The van der Waals surface area contributed by atoms with E-state index >= 15 is 0 Å². The van der Waals surface area contributed by atoms with Gasteiger partial charge in [-0.15, -0.1) is 0 Å². The van der Waals surface area contributed by atoms with Gasteiger partial charge in [0.15, 0.2) is 0 Å². The molecule has 2 aromatic rings. The molecular weight excluding hydrogens is 283 g/mol. The van der Waals surface area contributed by atoms with E-state index in [0.717, 1.165) is 9.64 Å². The monoisotopic (exact) mass is 288 g/mol. The highest BCUT2D eigenvalue weighted by Crippen LogP contribution is 2.23. The van der Waals surface area contributed by atoms with Gasteiger partial charge in [0, 0.05) is 3.57 Å². The van der Waals surface area contributed by atoms with Gasteiger partial charge in [-0.05, 0) is 40.8 Å². The molecule has 0 aliphatic heterocycles. The van der Waals surface area contributed by atoms with Gasteiger partial charge >= 0.3 is 5.63 Å². The first-order valence-electron chi connectivity index (χ1n) is 3.59. The molecule has 1 heterocycles. The maximum absolute atomic E-state index is 10.9. The van der Waals surface area contributed by atoms with E-state index in [-0.39, 0.29) is 5.75 Å². The van der Waals surface area contributed by atoms with Gasteiger partial charge in [-0.3, -0.25) is 0 Å². The molecule has 0 saturated heterocycles. The highest BCUT2D eigenvalue weighted by molar-refractivity contribution is 14.1. The summed E-state index contributed by atoms with van der Waals surface area (Å²) >= 11 is 2.12. The average molecular weight is 288 g/mol. The Morgan fingerprint density at radius 1 is 1.31 bits per heavy atom. The molecule has 0 radical (unpaired) electrons. The zero-order valence-corrected chi connectivity index (χ0v) is 8.61. The first-order chi connectivity index (χ1) is 6.16. The van der Waals surface area contributed by atoms with Gasteiger partial charge in [0.2, 0.25) is 0 Å². The third-order valence-electron chi connectivity index (χ3n) is 1.68. The van der Waals surface area contributed by atoms with Crippen LogP contribution in [-0.2, 0) is 0 Å².